The summed E-state index contributed by atoms with van der Waals surface area (Å²) >= 11 is 0. The number of nitrogens with zero attached hydrogens (tertiary/aromatic N) is 1. The first-order chi connectivity index (χ1) is 9.22. The minimum absolute atomic E-state index is 0.710. The third-order valence-electron chi connectivity index (χ3n) is 5.33. The van der Waals surface area contributed by atoms with Crippen LogP contribution in [0.5, 0.6) is 0 Å². The van der Waals surface area contributed by atoms with Crippen molar-refractivity contribution in [3.8, 4) is 0 Å². The van der Waals surface area contributed by atoms with Gasteiger partial charge in [-0.25, -0.2) is 0 Å². The molecule has 3 heteroatoms. The SMILES string of the molecule is COCCN(CC1CCCN1)C1CCCC(C)C1C. The van der Waals surface area contributed by atoms with Crippen molar-refractivity contribution in [2.24, 2.45) is 11.8 Å². The van der Waals surface area contributed by atoms with Crippen LogP contribution in [0.15, 0.2) is 0 Å². The van der Waals surface area contributed by atoms with Gasteiger partial charge in [0.25, 0.3) is 0 Å². The molecule has 0 aromatic rings. The van der Waals surface area contributed by atoms with Gasteiger partial charge >= 0.3 is 0 Å². The maximum atomic E-state index is 5.33. The van der Waals surface area contributed by atoms with E-state index in [0.29, 0.717) is 6.04 Å². The predicted molar refractivity (Wildman–Crippen MR) is 80.4 cm³/mol. The Morgan fingerprint density at radius 3 is 2.68 bits per heavy atom. The smallest absolute Gasteiger partial charge is 0.0589 e. The molecule has 0 aromatic carbocycles. The summed E-state index contributed by atoms with van der Waals surface area (Å²) in [5.41, 5.74) is 0. The highest BCUT2D eigenvalue weighted by molar-refractivity contribution is 4.87. The van der Waals surface area contributed by atoms with Crippen molar-refractivity contribution in [3.63, 3.8) is 0 Å². The van der Waals surface area contributed by atoms with Gasteiger partial charge < -0.3 is 10.1 Å². The molecule has 2 aliphatic rings. The van der Waals surface area contributed by atoms with Crippen molar-refractivity contribution in [2.45, 2.75) is 58.0 Å². The average Bonchev–Trinajstić information content (AvgIpc) is 2.91. The van der Waals surface area contributed by atoms with Crippen LogP contribution >= 0.6 is 0 Å². The second-order valence-electron chi connectivity index (χ2n) is 6.62. The summed E-state index contributed by atoms with van der Waals surface area (Å²) in [6, 6.07) is 1.47. The third kappa shape index (κ3) is 4.17. The molecule has 0 bridgehead atoms. The first-order valence-electron chi connectivity index (χ1n) is 8.18. The Hall–Kier alpha value is -0.120. The zero-order valence-electron chi connectivity index (χ0n) is 13.0. The second-order valence-corrected chi connectivity index (χ2v) is 6.62. The number of hydrogen-bond donors (Lipinski definition) is 1. The molecule has 1 N–H and O–H groups in total. The molecule has 0 amide bonds. The minimum Gasteiger partial charge on any atom is -0.383 e. The highest BCUT2D eigenvalue weighted by Gasteiger charge is 2.32. The lowest BCUT2D eigenvalue weighted by Crippen LogP contribution is -2.49. The van der Waals surface area contributed by atoms with Crippen LogP contribution in [0.3, 0.4) is 0 Å². The molecule has 0 aromatic heterocycles. The van der Waals surface area contributed by atoms with Crippen LogP contribution in [-0.2, 0) is 4.74 Å². The van der Waals surface area contributed by atoms with Crippen molar-refractivity contribution in [2.75, 3.05) is 33.4 Å². The molecule has 2 fully saturated rings. The Morgan fingerprint density at radius 1 is 1.16 bits per heavy atom. The van der Waals surface area contributed by atoms with Gasteiger partial charge in [0.05, 0.1) is 6.61 Å². The van der Waals surface area contributed by atoms with Gasteiger partial charge in [0, 0.05) is 32.3 Å². The lowest BCUT2D eigenvalue weighted by molar-refractivity contribution is 0.0509. The van der Waals surface area contributed by atoms with E-state index in [2.05, 4.69) is 24.1 Å². The van der Waals surface area contributed by atoms with Gasteiger partial charge in [-0.2, -0.15) is 0 Å². The fourth-order valence-electron chi connectivity index (χ4n) is 3.87. The van der Waals surface area contributed by atoms with E-state index in [1.54, 1.807) is 0 Å². The topological polar surface area (TPSA) is 24.5 Å². The standard InChI is InChI=1S/C16H32N2O/c1-13-6-4-8-16(14(13)2)18(10-11-19-3)12-15-7-5-9-17-15/h13-17H,4-12H2,1-3H3. The maximum Gasteiger partial charge on any atom is 0.0589 e. The molecule has 4 unspecified atom stereocenters. The molecule has 112 valence electrons. The first-order valence-corrected chi connectivity index (χ1v) is 8.18. The molecule has 1 saturated heterocycles. The Balaban J connectivity index is 1.94. The molecule has 1 aliphatic carbocycles. The summed E-state index contributed by atoms with van der Waals surface area (Å²) in [6.07, 6.45) is 6.89. The van der Waals surface area contributed by atoms with Gasteiger partial charge in [0.2, 0.25) is 0 Å². The summed E-state index contributed by atoms with van der Waals surface area (Å²) in [7, 11) is 1.82. The van der Waals surface area contributed by atoms with Crippen LogP contribution in [0.4, 0.5) is 0 Å². The fraction of sp³-hybridized carbons (Fsp3) is 1.00. The van der Waals surface area contributed by atoms with Crippen molar-refractivity contribution in [3.05, 3.63) is 0 Å². The molecular formula is C16H32N2O. The van der Waals surface area contributed by atoms with E-state index in [-0.39, 0.29) is 0 Å². The number of methoxy groups -OCH3 is 1. The van der Waals surface area contributed by atoms with Crippen LogP contribution in [0, 0.1) is 11.8 Å². The molecule has 4 atom stereocenters. The molecule has 0 radical (unpaired) electrons. The Bertz CT molecular complexity index is 253. The lowest BCUT2D eigenvalue weighted by atomic mass is 9.77. The zero-order valence-corrected chi connectivity index (χ0v) is 13.0. The number of ether oxygens (including phenoxy) is 1. The summed E-state index contributed by atoms with van der Waals surface area (Å²) in [5.74, 6) is 1.70. The third-order valence-corrected chi connectivity index (χ3v) is 5.33. The van der Waals surface area contributed by atoms with Gasteiger partial charge in [0.1, 0.15) is 0 Å². The van der Waals surface area contributed by atoms with E-state index in [0.717, 1.165) is 31.0 Å². The summed E-state index contributed by atoms with van der Waals surface area (Å²) in [4.78, 5) is 2.72. The predicted octanol–water partition coefficient (Wildman–Crippen LogP) is 2.51. The van der Waals surface area contributed by atoms with Gasteiger partial charge in [-0.1, -0.05) is 26.7 Å². The van der Waals surface area contributed by atoms with Gasteiger partial charge in [-0.05, 0) is 37.6 Å². The monoisotopic (exact) mass is 268 g/mol. The quantitative estimate of drug-likeness (QED) is 0.801. The second kappa shape index (κ2) is 7.61. The normalized spacial score (nSPS) is 36.0. The zero-order chi connectivity index (χ0) is 13.7. The largest absolute Gasteiger partial charge is 0.383 e. The minimum atomic E-state index is 0.710. The summed E-state index contributed by atoms with van der Waals surface area (Å²) in [5, 5.41) is 3.65. The average molecular weight is 268 g/mol. The number of nitrogens with one attached hydrogen (secondary N) is 1. The van der Waals surface area contributed by atoms with E-state index in [1.807, 2.05) is 7.11 Å². The highest BCUT2D eigenvalue weighted by atomic mass is 16.5. The van der Waals surface area contributed by atoms with Crippen molar-refractivity contribution < 1.29 is 4.74 Å². The fourth-order valence-corrected chi connectivity index (χ4v) is 3.87. The maximum absolute atomic E-state index is 5.33. The van der Waals surface area contributed by atoms with Crippen LogP contribution < -0.4 is 5.32 Å². The van der Waals surface area contributed by atoms with Crippen LogP contribution in [0.2, 0.25) is 0 Å². The van der Waals surface area contributed by atoms with Gasteiger partial charge in [0.15, 0.2) is 0 Å². The van der Waals surface area contributed by atoms with Crippen LogP contribution in [0.1, 0.15) is 46.0 Å². The number of hydrogen-bond acceptors (Lipinski definition) is 3. The summed E-state index contributed by atoms with van der Waals surface area (Å²) in [6.45, 7) is 9.26. The lowest BCUT2D eigenvalue weighted by Gasteiger charge is -2.42. The molecule has 1 saturated carbocycles. The Labute approximate surface area is 119 Å². The summed E-state index contributed by atoms with van der Waals surface area (Å²) < 4.78 is 5.33. The molecule has 0 spiro atoms. The number of rotatable bonds is 6. The molecule has 2 rings (SSSR count). The molecule has 1 heterocycles. The van der Waals surface area contributed by atoms with Crippen molar-refractivity contribution >= 4 is 0 Å². The molecular weight excluding hydrogens is 236 g/mol. The van der Waals surface area contributed by atoms with Gasteiger partial charge in [-0.15, -0.1) is 0 Å². The van der Waals surface area contributed by atoms with Crippen LogP contribution in [-0.4, -0.2) is 50.3 Å². The van der Waals surface area contributed by atoms with Crippen molar-refractivity contribution in [1.29, 1.82) is 0 Å². The van der Waals surface area contributed by atoms with E-state index < -0.39 is 0 Å². The van der Waals surface area contributed by atoms with E-state index >= 15 is 0 Å². The Morgan fingerprint density at radius 2 is 2.00 bits per heavy atom. The molecule has 19 heavy (non-hydrogen) atoms. The van der Waals surface area contributed by atoms with Crippen LogP contribution in [0.25, 0.3) is 0 Å². The van der Waals surface area contributed by atoms with Gasteiger partial charge in [-0.3, -0.25) is 4.90 Å². The molecule has 1 aliphatic heterocycles. The highest BCUT2D eigenvalue weighted by Crippen LogP contribution is 2.33. The Kier molecular flexibility index (Phi) is 6.11. The van der Waals surface area contributed by atoms with E-state index in [9.17, 15) is 0 Å². The van der Waals surface area contributed by atoms with E-state index in [4.69, 9.17) is 4.74 Å². The molecule has 3 nitrogen and oxygen atoms in total. The van der Waals surface area contributed by atoms with E-state index in [1.165, 1.54) is 45.2 Å². The van der Waals surface area contributed by atoms with Crippen molar-refractivity contribution in [1.82, 2.24) is 10.2 Å². The first kappa shape index (κ1) is 15.3.